The largest absolute Gasteiger partial charge is 0.412 e. The minimum Gasteiger partial charge on any atom is -0.412 e. The van der Waals surface area contributed by atoms with E-state index in [0.29, 0.717) is 24.7 Å². The number of carbonyl (C=O) groups excluding carboxylic acids is 4. The van der Waals surface area contributed by atoms with Gasteiger partial charge in [-0.3, -0.25) is 19.8 Å². The molecule has 0 aromatic carbocycles. The Morgan fingerprint density at radius 2 is 1.45 bits per heavy atom. The van der Waals surface area contributed by atoms with Crippen LogP contribution in [0.5, 0.6) is 0 Å². The molecule has 0 heterocycles. The molecule has 0 aromatic rings. The summed E-state index contributed by atoms with van der Waals surface area (Å²) >= 11 is 0. The van der Waals surface area contributed by atoms with Crippen LogP contribution in [-0.4, -0.2) is 40.8 Å². The van der Waals surface area contributed by atoms with Gasteiger partial charge < -0.3 is 16.0 Å². The molecule has 8 atom stereocenters. The van der Waals surface area contributed by atoms with Gasteiger partial charge in [0, 0.05) is 22.8 Å². The molecule has 3 fully saturated rings. The van der Waals surface area contributed by atoms with Gasteiger partial charge in [-0.05, 0) is 81.0 Å². The fourth-order valence-corrected chi connectivity index (χ4v) is 8.47. The van der Waals surface area contributed by atoms with Crippen molar-refractivity contribution in [2.45, 2.75) is 212 Å². The number of hydrogen-bond acceptors (Lipinski definition) is 6. The summed E-state index contributed by atoms with van der Waals surface area (Å²) in [6.45, 7) is 42.0. The number of rotatable bonds is 19. The van der Waals surface area contributed by atoms with Gasteiger partial charge in [0.1, 0.15) is 6.29 Å². The van der Waals surface area contributed by atoms with Crippen molar-refractivity contribution in [2.24, 2.45) is 52.1 Å². The van der Waals surface area contributed by atoms with Crippen LogP contribution in [0.2, 0.25) is 0 Å². The first-order valence-corrected chi connectivity index (χ1v) is 22.7. The zero-order valence-corrected chi connectivity index (χ0v) is 39.7. The van der Waals surface area contributed by atoms with Crippen LogP contribution in [0.1, 0.15) is 201 Å². The first-order chi connectivity index (χ1) is 26.1. The topological polar surface area (TPSA) is 150 Å². The molecular weight excluding hydrogens is 699 g/mol. The monoisotopic (exact) mass is 794 g/mol. The minimum atomic E-state index is -0.867. The number of amides is 1. The summed E-state index contributed by atoms with van der Waals surface area (Å²) in [6, 6.07) is -0.413. The lowest BCUT2D eigenvalue weighted by Gasteiger charge is -2.43. The number of ketones is 2. The first-order valence-electron chi connectivity index (χ1n) is 22.7. The Morgan fingerprint density at radius 3 is 1.82 bits per heavy atom. The number of nitrogens with two attached hydrogens (primary N) is 1. The van der Waals surface area contributed by atoms with Gasteiger partial charge in [-0.15, -0.1) is 6.58 Å². The van der Waals surface area contributed by atoms with Crippen LogP contribution < -0.4 is 16.6 Å². The van der Waals surface area contributed by atoms with E-state index < -0.39 is 29.1 Å². The fourth-order valence-electron chi connectivity index (χ4n) is 8.47. The quantitative estimate of drug-likeness (QED) is 0.0513. The predicted octanol–water partition coefficient (Wildman–Crippen LogP) is 11.4. The van der Waals surface area contributed by atoms with Crippen molar-refractivity contribution in [3.63, 3.8) is 0 Å². The lowest BCUT2D eigenvalue weighted by molar-refractivity contribution is -0.138. The molecule has 8 heteroatoms. The zero-order valence-electron chi connectivity index (χ0n) is 39.7. The van der Waals surface area contributed by atoms with Crippen LogP contribution in [0.4, 0.5) is 0 Å². The second-order valence-electron chi connectivity index (χ2n) is 16.2. The molecule has 56 heavy (non-hydrogen) atoms. The average Bonchev–Trinajstić information content (AvgIpc) is 3.55. The number of aldehydes is 1. The molecular formula is C48H95N3O5. The predicted molar refractivity (Wildman–Crippen MR) is 242 cm³/mol. The smallest absolute Gasteiger partial charge is 0.285 e. The van der Waals surface area contributed by atoms with Gasteiger partial charge >= 0.3 is 0 Å². The molecule has 3 saturated carbocycles. The highest BCUT2D eigenvalue weighted by atomic mass is 16.2. The molecule has 3 unspecified atom stereocenters. The molecule has 3 rings (SSSR count). The number of fused-ring (bicyclic) bond motifs is 1. The van der Waals surface area contributed by atoms with Gasteiger partial charge in [0.2, 0.25) is 5.78 Å². The highest BCUT2D eigenvalue weighted by Crippen LogP contribution is 2.74. The summed E-state index contributed by atoms with van der Waals surface area (Å²) in [6.07, 6.45) is 16.5. The SMILES string of the molecule is C=CC(C)(CC)[C@H](NNC1(CC)CCCCC1)C(=O)C1C[C@H]2[C@@H]([C@H]1C(=C)C[C@@H](CCCC)C(=O)C(N)=O)C2(C)CC.CC.CC.CC.CC=O.CCC(C)C.O. The van der Waals surface area contributed by atoms with E-state index in [0.717, 1.165) is 69.1 Å². The van der Waals surface area contributed by atoms with Crippen molar-refractivity contribution in [2.75, 3.05) is 0 Å². The third-order valence-electron chi connectivity index (χ3n) is 12.8. The summed E-state index contributed by atoms with van der Waals surface area (Å²) in [5, 5.41) is 0. The molecule has 0 saturated heterocycles. The van der Waals surface area contributed by atoms with Gasteiger partial charge in [0.15, 0.2) is 5.78 Å². The second kappa shape index (κ2) is 31.8. The van der Waals surface area contributed by atoms with E-state index in [9.17, 15) is 14.4 Å². The van der Waals surface area contributed by atoms with Crippen molar-refractivity contribution in [1.29, 1.82) is 0 Å². The Balaban J connectivity index is -0.000000790. The number of Topliss-reactive ketones (excluding diaryl/α,β-unsaturated/α-hetero) is 2. The molecule has 3 aliphatic carbocycles. The van der Waals surface area contributed by atoms with Gasteiger partial charge in [0.25, 0.3) is 5.91 Å². The first kappa shape index (κ1) is 60.5. The Bertz CT molecular complexity index is 1100. The average molecular weight is 794 g/mol. The molecule has 332 valence electrons. The summed E-state index contributed by atoms with van der Waals surface area (Å²) < 4.78 is 0. The standard InChI is InChI=1S/C35H59N3O3.C5H12.C2H4O.3C2H6.H2O/c1-9-14-18-24(29(39)32(36)41)21-23(6)27-25(22-26-28(27)34(26,8)12-4)30(40)31(33(7,10-2)11-3)37-38-35(13-5)19-16-15-17-20-35;1-4-5(2)3;1-2-3;3*1-2;/h10,24-28,31,37-38H,2,6,9,11-22H2,1,3-5,7-8H3,(H2,36,41);5H,4H2,1-3H3;2H,1H3;3*1-2H3;1H2/t24-,25?,26+,27+,28+,31-,33?,34?;;;;;;/m1....../s1. The van der Waals surface area contributed by atoms with Crippen molar-refractivity contribution in [3.8, 4) is 0 Å². The third-order valence-corrected chi connectivity index (χ3v) is 12.8. The van der Waals surface area contributed by atoms with E-state index in [4.69, 9.17) is 10.5 Å². The summed E-state index contributed by atoms with van der Waals surface area (Å²) in [5.74, 6) is -0.00647. The summed E-state index contributed by atoms with van der Waals surface area (Å²) in [4.78, 5) is 48.2. The van der Waals surface area contributed by atoms with Crippen LogP contribution in [0.25, 0.3) is 0 Å². The number of hydrogen-bond donors (Lipinski definition) is 3. The number of primary amides is 1. The molecule has 0 spiro atoms. The molecule has 0 aliphatic heterocycles. The highest BCUT2D eigenvalue weighted by Gasteiger charge is 2.70. The third kappa shape index (κ3) is 17.4. The van der Waals surface area contributed by atoms with Gasteiger partial charge in [-0.1, -0.05) is 167 Å². The van der Waals surface area contributed by atoms with Crippen molar-refractivity contribution in [1.82, 2.24) is 10.9 Å². The van der Waals surface area contributed by atoms with Crippen LogP contribution in [0, 0.1) is 46.3 Å². The highest BCUT2D eigenvalue weighted by molar-refractivity contribution is 6.36. The van der Waals surface area contributed by atoms with E-state index in [2.05, 4.69) is 86.3 Å². The lowest BCUT2D eigenvalue weighted by atomic mass is 9.69. The van der Waals surface area contributed by atoms with Crippen molar-refractivity contribution in [3.05, 3.63) is 24.8 Å². The van der Waals surface area contributed by atoms with Crippen LogP contribution in [-0.2, 0) is 19.2 Å². The molecule has 0 bridgehead atoms. The maximum absolute atomic E-state index is 14.7. The van der Waals surface area contributed by atoms with Crippen molar-refractivity contribution < 1.29 is 24.7 Å². The van der Waals surface area contributed by atoms with E-state index in [1.165, 1.54) is 32.6 Å². The van der Waals surface area contributed by atoms with Gasteiger partial charge in [-0.2, -0.15) is 0 Å². The van der Waals surface area contributed by atoms with Crippen LogP contribution >= 0.6 is 0 Å². The fraction of sp³-hybridized carbons (Fsp3) is 0.833. The minimum absolute atomic E-state index is 0. The lowest BCUT2D eigenvalue weighted by Crippen LogP contribution is -2.62. The maximum atomic E-state index is 14.7. The number of unbranched alkanes of at least 4 members (excludes halogenated alkanes) is 1. The summed E-state index contributed by atoms with van der Waals surface area (Å²) in [7, 11) is 0. The number of allylic oxidation sites excluding steroid dienone is 1. The van der Waals surface area contributed by atoms with Gasteiger partial charge in [0.05, 0.1) is 6.04 Å². The molecule has 0 radical (unpaired) electrons. The van der Waals surface area contributed by atoms with E-state index >= 15 is 0 Å². The van der Waals surface area contributed by atoms with E-state index in [1.807, 2.05) is 47.6 Å². The molecule has 1 amide bonds. The Morgan fingerprint density at radius 1 is 0.946 bits per heavy atom. The summed E-state index contributed by atoms with van der Waals surface area (Å²) in [5.41, 5.74) is 13.5. The Kier molecular flexibility index (Phi) is 34.3. The van der Waals surface area contributed by atoms with Crippen LogP contribution in [0.15, 0.2) is 24.8 Å². The zero-order chi connectivity index (χ0) is 43.6. The number of carbonyl (C=O) groups is 4. The van der Waals surface area contributed by atoms with Crippen LogP contribution in [0.3, 0.4) is 0 Å². The van der Waals surface area contributed by atoms with Crippen molar-refractivity contribution >= 4 is 23.8 Å². The molecule has 8 nitrogen and oxygen atoms in total. The Hall–Kier alpha value is -2.16. The maximum Gasteiger partial charge on any atom is 0.285 e. The second-order valence-corrected chi connectivity index (χ2v) is 16.2. The van der Waals surface area contributed by atoms with E-state index in [1.54, 1.807) is 0 Å². The molecule has 3 aliphatic rings. The Labute approximate surface area is 347 Å². The van der Waals surface area contributed by atoms with Gasteiger partial charge in [-0.25, -0.2) is 5.43 Å². The number of hydrazine groups is 1. The molecule has 6 N–H and O–H groups in total. The van der Waals surface area contributed by atoms with E-state index in [-0.39, 0.29) is 34.0 Å². The number of nitrogens with one attached hydrogen (secondary N) is 2. The molecule has 0 aromatic heterocycles. The normalized spacial score (nSPS) is 24.4.